The summed E-state index contributed by atoms with van der Waals surface area (Å²) in [6.07, 6.45) is -0.541. The highest BCUT2D eigenvalue weighted by Crippen LogP contribution is 2.21. The topological polar surface area (TPSA) is 186 Å². The standard InChI is InChI=1S/C30H37F3N8O5/c31-30(32,33)18-46-29-40-27(36-15-19-5-11-22(12-6-19)45-14-4-2-1-3-13-34)39-28(41-29)37-21-9-7-20(8-10-21)25(42)38-24-17-35-16-23(24)26(43)44/h5-12,23-24,35H,1-4,13-18,34H2,(H,38,42)(H,43,44)(H2,36,37,39,40,41)/t23-,24-/m0/s1. The third-order valence-corrected chi connectivity index (χ3v) is 6.97. The van der Waals surface area contributed by atoms with Gasteiger partial charge in [-0.15, -0.1) is 0 Å². The van der Waals surface area contributed by atoms with Crippen molar-refractivity contribution in [3.8, 4) is 11.8 Å². The van der Waals surface area contributed by atoms with Crippen LogP contribution >= 0.6 is 0 Å². The quantitative estimate of drug-likeness (QED) is 0.118. The molecule has 1 aliphatic heterocycles. The van der Waals surface area contributed by atoms with Crippen molar-refractivity contribution < 1.29 is 37.3 Å². The zero-order chi connectivity index (χ0) is 32.9. The number of nitrogens with one attached hydrogen (secondary N) is 4. The lowest BCUT2D eigenvalue weighted by Crippen LogP contribution is -2.42. The summed E-state index contributed by atoms with van der Waals surface area (Å²) in [5.74, 6) is -1.57. The van der Waals surface area contributed by atoms with Gasteiger partial charge in [0.1, 0.15) is 5.75 Å². The molecule has 1 amide bonds. The van der Waals surface area contributed by atoms with Crippen LogP contribution in [-0.2, 0) is 11.3 Å². The Bertz CT molecular complexity index is 1430. The van der Waals surface area contributed by atoms with Gasteiger partial charge in [-0.2, -0.15) is 28.1 Å². The Kier molecular flexibility index (Phi) is 12.3. The number of unbranched alkanes of at least 4 members (excludes halogenated alkanes) is 3. The van der Waals surface area contributed by atoms with E-state index >= 15 is 0 Å². The number of aromatic nitrogens is 3. The third-order valence-electron chi connectivity index (χ3n) is 6.97. The van der Waals surface area contributed by atoms with Gasteiger partial charge in [-0.3, -0.25) is 9.59 Å². The molecule has 13 nitrogen and oxygen atoms in total. The monoisotopic (exact) mass is 646 g/mol. The molecule has 1 aromatic heterocycles. The second-order valence-corrected chi connectivity index (χ2v) is 10.6. The molecule has 248 valence electrons. The van der Waals surface area contributed by atoms with Crippen LogP contribution in [0.15, 0.2) is 48.5 Å². The van der Waals surface area contributed by atoms with Crippen molar-refractivity contribution in [2.24, 2.45) is 11.7 Å². The molecule has 0 radical (unpaired) electrons. The number of aliphatic carboxylic acids is 1. The molecule has 2 heterocycles. The fourth-order valence-electron chi connectivity index (χ4n) is 4.55. The van der Waals surface area contributed by atoms with E-state index in [-0.39, 0.29) is 30.5 Å². The fraction of sp³-hybridized carbons (Fsp3) is 0.433. The summed E-state index contributed by atoms with van der Waals surface area (Å²) < 4.78 is 49.0. The number of ether oxygens (including phenoxy) is 2. The Morgan fingerprint density at radius 2 is 1.65 bits per heavy atom. The van der Waals surface area contributed by atoms with E-state index < -0.39 is 42.6 Å². The number of alkyl halides is 3. The predicted octanol–water partition coefficient (Wildman–Crippen LogP) is 3.47. The van der Waals surface area contributed by atoms with Crippen molar-refractivity contribution in [3.63, 3.8) is 0 Å². The van der Waals surface area contributed by atoms with Crippen LogP contribution in [0.1, 0.15) is 41.6 Å². The van der Waals surface area contributed by atoms with Crippen molar-refractivity contribution in [1.82, 2.24) is 25.6 Å². The first-order valence-electron chi connectivity index (χ1n) is 14.8. The van der Waals surface area contributed by atoms with Crippen LogP contribution in [0.5, 0.6) is 11.8 Å². The molecule has 7 N–H and O–H groups in total. The van der Waals surface area contributed by atoms with Gasteiger partial charge in [0.05, 0.1) is 18.6 Å². The molecule has 0 saturated carbocycles. The lowest BCUT2D eigenvalue weighted by Gasteiger charge is -2.16. The first-order valence-corrected chi connectivity index (χ1v) is 14.8. The molecule has 1 fully saturated rings. The smallest absolute Gasteiger partial charge is 0.422 e. The minimum Gasteiger partial charge on any atom is -0.494 e. The van der Waals surface area contributed by atoms with Crippen molar-refractivity contribution in [2.75, 3.05) is 43.5 Å². The van der Waals surface area contributed by atoms with Crippen LogP contribution in [0.25, 0.3) is 0 Å². The van der Waals surface area contributed by atoms with Crippen LogP contribution in [0.2, 0.25) is 0 Å². The van der Waals surface area contributed by atoms with Crippen molar-refractivity contribution >= 4 is 29.5 Å². The van der Waals surface area contributed by atoms with E-state index in [0.717, 1.165) is 37.0 Å². The lowest BCUT2D eigenvalue weighted by molar-refractivity contribution is -0.154. The van der Waals surface area contributed by atoms with E-state index in [4.69, 9.17) is 15.2 Å². The van der Waals surface area contributed by atoms with Gasteiger partial charge in [0.15, 0.2) is 6.61 Å². The SMILES string of the molecule is NCCCCCCOc1ccc(CNc2nc(Nc3ccc(C(=O)N[C@H]4CNC[C@@H]4C(=O)O)cc3)nc(OCC(F)(F)F)n2)cc1. The number of halogens is 3. The van der Waals surface area contributed by atoms with Gasteiger partial charge >= 0.3 is 18.2 Å². The molecule has 0 unspecified atom stereocenters. The van der Waals surface area contributed by atoms with Crippen molar-refractivity contribution in [2.45, 2.75) is 44.4 Å². The molecule has 4 rings (SSSR count). The van der Waals surface area contributed by atoms with E-state index in [9.17, 15) is 27.9 Å². The Labute approximate surface area is 263 Å². The van der Waals surface area contributed by atoms with Crippen LogP contribution in [0.4, 0.5) is 30.8 Å². The summed E-state index contributed by atoms with van der Waals surface area (Å²) in [5, 5.41) is 20.8. The van der Waals surface area contributed by atoms with Crippen LogP contribution in [0, 0.1) is 5.92 Å². The molecule has 3 aromatic rings. The van der Waals surface area contributed by atoms with Crippen LogP contribution < -0.4 is 36.5 Å². The maximum absolute atomic E-state index is 12.8. The summed E-state index contributed by atoms with van der Waals surface area (Å²) >= 11 is 0. The molecule has 2 aromatic carbocycles. The number of benzene rings is 2. The molecule has 1 aliphatic rings. The number of amides is 1. The highest BCUT2D eigenvalue weighted by molar-refractivity contribution is 5.95. The molecule has 0 spiro atoms. The maximum Gasteiger partial charge on any atom is 0.422 e. The predicted molar refractivity (Wildman–Crippen MR) is 163 cm³/mol. The minimum absolute atomic E-state index is 0.0263. The number of hydrogen-bond acceptors (Lipinski definition) is 11. The molecule has 2 atom stereocenters. The molecule has 0 bridgehead atoms. The van der Waals surface area contributed by atoms with Gasteiger partial charge in [-0.1, -0.05) is 25.0 Å². The van der Waals surface area contributed by atoms with Crippen molar-refractivity contribution in [1.29, 1.82) is 0 Å². The van der Waals surface area contributed by atoms with Gasteiger partial charge in [0, 0.05) is 30.9 Å². The number of hydrogen-bond donors (Lipinski definition) is 6. The van der Waals surface area contributed by atoms with Gasteiger partial charge in [0.2, 0.25) is 11.9 Å². The Morgan fingerprint density at radius 1 is 0.935 bits per heavy atom. The number of anilines is 3. The first-order chi connectivity index (χ1) is 22.1. The number of nitrogens with zero attached hydrogens (tertiary/aromatic N) is 3. The van der Waals surface area contributed by atoms with E-state index in [0.29, 0.717) is 25.4 Å². The molecular weight excluding hydrogens is 609 g/mol. The number of nitrogens with two attached hydrogens (primary N) is 1. The summed E-state index contributed by atoms with van der Waals surface area (Å²) in [7, 11) is 0. The maximum atomic E-state index is 12.8. The number of carboxylic acids is 1. The minimum atomic E-state index is -4.60. The average Bonchev–Trinajstić information content (AvgIpc) is 3.50. The Morgan fingerprint density at radius 3 is 2.35 bits per heavy atom. The van der Waals surface area contributed by atoms with E-state index in [1.807, 2.05) is 24.3 Å². The normalized spacial score (nSPS) is 16.1. The average molecular weight is 647 g/mol. The zero-order valence-corrected chi connectivity index (χ0v) is 25.0. The second-order valence-electron chi connectivity index (χ2n) is 10.6. The van der Waals surface area contributed by atoms with Gasteiger partial charge in [-0.05, 0) is 61.3 Å². The van der Waals surface area contributed by atoms with Gasteiger partial charge in [-0.25, -0.2) is 0 Å². The van der Waals surface area contributed by atoms with Gasteiger partial charge < -0.3 is 41.6 Å². The lowest BCUT2D eigenvalue weighted by atomic mass is 10.0. The zero-order valence-electron chi connectivity index (χ0n) is 25.0. The van der Waals surface area contributed by atoms with Gasteiger partial charge in [0.25, 0.3) is 5.91 Å². The molecule has 16 heteroatoms. The highest BCUT2D eigenvalue weighted by Gasteiger charge is 2.34. The Hall–Kier alpha value is -4.70. The second kappa shape index (κ2) is 16.6. The number of rotatable bonds is 17. The molecule has 46 heavy (non-hydrogen) atoms. The Balaban J connectivity index is 1.37. The van der Waals surface area contributed by atoms with E-state index in [1.165, 1.54) is 12.1 Å². The largest absolute Gasteiger partial charge is 0.494 e. The summed E-state index contributed by atoms with van der Waals surface area (Å²) in [4.78, 5) is 36.2. The summed E-state index contributed by atoms with van der Waals surface area (Å²) in [5.41, 5.74) is 7.06. The summed E-state index contributed by atoms with van der Waals surface area (Å²) in [6, 6.07) is 12.4. The third kappa shape index (κ3) is 11.0. The molecule has 0 aliphatic carbocycles. The number of carbonyl (C=O) groups excluding carboxylic acids is 1. The summed E-state index contributed by atoms with van der Waals surface area (Å²) in [6.45, 7) is 0.558. The van der Waals surface area contributed by atoms with E-state index in [2.05, 4.69) is 36.2 Å². The van der Waals surface area contributed by atoms with Crippen LogP contribution in [0.3, 0.4) is 0 Å². The molecular formula is C30H37F3N8O5. The fourth-order valence-corrected chi connectivity index (χ4v) is 4.55. The van der Waals surface area contributed by atoms with Crippen LogP contribution in [-0.4, -0.2) is 77.0 Å². The van der Waals surface area contributed by atoms with Crippen molar-refractivity contribution in [3.05, 3.63) is 59.7 Å². The first kappa shape index (κ1) is 34.2. The number of carbonyl (C=O) groups is 2. The molecule has 1 saturated heterocycles. The number of carboxylic acid groups (broad SMARTS) is 1. The highest BCUT2D eigenvalue weighted by atomic mass is 19.4. The van der Waals surface area contributed by atoms with E-state index in [1.54, 1.807) is 12.1 Å².